The molecule has 5 heteroatoms. The van der Waals surface area contributed by atoms with Crippen molar-refractivity contribution in [2.24, 2.45) is 0 Å². The number of fused-ring (bicyclic) bond motifs is 1. The van der Waals surface area contributed by atoms with Crippen LogP contribution >= 0.6 is 11.3 Å². The lowest BCUT2D eigenvalue weighted by Crippen LogP contribution is -2.29. The maximum Gasteiger partial charge on any atom is 0.290 e. The molecule has 1 amide bonds. The van der Waals surface area contributed by atoms with Crippen molar-refractivity contribution in [3.63, 3.8) is 0 Å². The molecule has 3 aromatic heterocycles. The molecule has 1 aromatic carbocycles. The van der Waals surface area contributed by atoms with E-state index < -0.39 is 0 Å². The van der Waals surface area contributed by atoms with E-state index in [1.165, 1.54) is 0 Å². The zero-order valence-corrected chi connectivity index (χ0v) is 13.7. The molecular weight excluding hydrogens is 322 g/mol. The van der Waals surface area contributed by atoms with Gasteiger partial charge in [0.15, 0.2) is 5.76 Å². The molecule has 0 fully saturated rings. The summed E-state index contributed by atoms with van der Waals surface area (Å²) in [6, 6.07) is 15.1. The summed E-state index contributed by atoms with van der Waals surface area (Å²) in [7, 11) is 0. The van der Waals surface area contributed by atoms with Crippen LogP contribution in [0.5, 0.6) is 0 Å². The Morgan fingerprint density at radius 3 is 2.75 bits per heavy atom. The van der Waals surface area contributed by atoms with Crippen LogP contribution in [0, 0.1) is 0 Å². The molecule has 0 atom stereocenters. The van der Waals surface area contributed by atoms with Crippen molar-refractivity contribution in [1.29, 1.82) is 0 Å². The van der Waals surface area contributed by atoms with Crippen LogP contribution in [0.1, 0.15) is 21.9 Å². The Morgan fingerprint density at radius 1 is 1.08 bits per heavy atom. The zero-order valence-electron chi connectivity index (χ0n) is 12.8. The Kier molecular flexibility index (Phi) is 3.92. The smallest absolute Gasteiger partial charge is 0.290 e. The van der Waals surface area contributed by atoms with Gasteiger partial charge in [0.25, 0.3) is 5.91 Å². The summed E-state index contributed by atoms with van der Waals surface area (Å²) in [5.74, 6) is 0.946. The van der Waals surface area contributed by atoms with E-state index >= 15 is 0 Å². The minimum absolute atomic E-state index is 0.145. The second-order valence-electron chi connectivity index (χ2n) is 5.52. The van der Waals surface area contributed by atoms with Gasteiger partial charge in [-0.15, -0.1) is 0 Å². The SMILES string of the molecule is O=C(c1cc2ccccc2o1)N(Cc1ccsc1)Cc1ccco1. The topological polar surface area (TPSA) is 46.6 Å². The first-order valence-corrected chi connectivity index (χ1v) is 8.55. The molecule has 0 saturated carbocycles. The summed E-state index contributed by atoms with van der Waals surface area (Å²) >= 11 is 1.62. The monoisotopic (exact) mass is 337 g/mol. The molecular formula is C19H15NO3S. The lowest BCUT2D eigenvalue weighted by molar-refractivity contribution is 0.0688. The molecule has 0 radical (unpaired) electrons. The number of para-hydroxylation sites is 1. The molecule has 4 rings (SSSR count). The Balaban J connectivity index is 1.64. The standard InChI is InChI=1S/C19H15NO3S/c21-19(18-10-15-4-1-2-6-17(15)23-18)20(11-14-7-9-24-13-14)12-16-5-3-8-22-16/h1-10,13H,11-12H2. The van der Waals surface area contributed by atoms with Gasteiger partial charge in [-0.05, 0) is 46.7 Å². The third-order valence-electron chi connectivity index (χ3n) is 3.80. The average molecular weight is 337 g/mol. The number of nitrogens with zero attached hydrogens (tertiary/aromatic N) is 1. The van der Waals surface area contributed by atoms with Gasteiger partial charge in [-0.25, -0.2) is 0 Å². The lowest BCUT2D eigenvalue weighted by Gasteiger charge is -2.20. The maximum atomic E-state index is 13.0. The molecule has 0 saturated heterocycles. The molecule has 3 heterocycles. The molecule has 0 spiro atoms. The van der Waals surface area contributed by atoms with Crippen molar-refractivity contribution in [2.45, 2.75) is 13.1 Å². The summed E-state index contributed by atoms with van der Waals surface area (Å²) in [5.41, 5.74) is 1.81. The molecule has 0 aliphatic heterocycles. The van der Waals surface area contributed by atoms with E-state index in [0.29, 0.717) is 24.4 Å². The van der Waals surface area contributed by atoms with Crippen molar-refractivity contribution >= 4 is 28.2 Å². The molecule has 24 heavy (non-hydrogen) atoms. The van der Waals surface area contributed by atoms with E-state index in [4.69, 9.17) is 8.83 Å². The third kappa shape index (κ3) is 2.98. The van der Waals surface area contributed by atoms with Gasteiger partial charge in [-0.1, -0.05) is 18.2 Å². The fourth-order valence-electron chi connectivity index (χ4n) is 2.64. The van der Waals surface area contributed by atoms with Crippen LogP contribution < -0.4 is 0 Å². The highest BCUT2D eigenvalue weighted by Crippen LogP contribution is 2.22. The minimum Gasteiger partial charge on any atom is -0.467 e. The number of rotatable bonds is 5. The quantitative estimate of drug-likeness (QED) is 0.519. The normalized spacial score (nSPS) is 11.0. The molecule has 0 aliphatic carbocycles. The number of hydrogen-bond donors (Lipinski definition) is 0. The molecule has 0 N–H and O–H groups in total. The number of thiophene rings is 1. The maximum absolute atomic E-state index is 13.0. The molecule has 4 nitrogen and oxygen atoms in total. The van der Waals surface area contributed by atoms with Crippen molar-refractivity contribution in [1.82, 2.24) is 4.90 Å². The third-order valence-corrected chi connectivity index (χ3v) is 4.54. The van der Waals surface area contributed by atoms with E-state index in [2.05, 4.69) is 0 Å². The Labute approximate surface area is 142 Å². The predicted octanol–water partition coefficient (Wildman–Crippen LogP) is 4.93. The van der Waals surface area contributed by atoms with Gasteiger partial charge in [0, 0.05) is 11.9 Å². The van der Waals surface area contributed by atoms with E-state index in [0.717, 1.165) is 16.7 Å². The highest BCUT2D eigenvalue weighted by Gasteiger charge is 2.21. The number of amides is 1. The molecule has 0 aliphatic rings. The van der Waals surface area contributed by atoms with Crippen molar-refractivity contribution in [2.75, 3.05) is 0 Å². The van der Waals surface area contributed by atoms with Crippen LogP contribution in [0.4, 0.5) is 0 Å². The van der Waals surface area contributed by atoms with Crippen LogP contribution in [0.15, 0.2) is 74.4 Å². The van der Waals surface area contributed by atoms with Crippen LogP contribution in [0.2, 0.25) is 0 Å². The van der Waals surface area contributed by atoms with Crippen molar-refractivity contribution < 1.29 is 13.6 Å². The number of carbonyl (C=O) groups is 1. The minimum atomic E-state index is -0.145. The fourth-order valence-corrected chi connectivity index (χ4v) is 3.30. The first kappa shape index (κ1) is 14.8. The van der Waals surface area contributed by atoms with Crippen molar-refractivity contribution in [3.05, 3.63) is 82.6 Å². The Morgan fingerprint density at radius 2 is 2.00 bits per heavy atom. The van der Waals surface area contributed by atoms with E-state index in [1.807, 2.05) is 53.2 Å². The second-order valence-corrected chi connectivity index (χ2v) is 6.30. The number of hydrogen-bond acceptors (Lipinski definition) is 4. The highest BCUT2D eigenvalue weighted by atomic mass is 32.1. The van der Waals surface area contributed by atoms with Crippen molar-refractivity contribution in [3.8, 4) is 0 Å². The van der Waals surface area contributed by atoms with Gasteiger partial charge in [0.2, 0.25) is 0 Å². The van der Waals surface area contributed by atoms with Crippen LogP contribution in [0.3, 0.4) is 0 Å². The lowest BCUT2D eigenvalue weighted by atomic mass is 10.2. The predicted molar refractivity (Wildman–Crippen MR) is 92.8 cm³/mol. The molecule has 120 valence electrons. The van der Waals surface area contributed by atoms with E-state index in [-0.39, 0.29) is 5.91 Å². The average Bonchev–Trinajstić information content (AvgIpc) is 3.34. The van der Waals surface area contributed by atoms with Crippen LogP contribution in [0.25, 0.3) is 11.0 Å². The Hall–Kier alpha value is -2.79. The summed E-state index contributed by atoms with van der Waals surface area (Å²) in [4.78, 5) is 14.7. The summed E-state index contributed by atoms with van der Waals surface area (Å²) in [6.45, 7) is 0.915. The number of carbonyl (C=O) groups excluding carboxylic acids is 1. The first-order chi connectivity index (χ1) is 11.8. The molecule has 0 unspecified atom stereocenters. The second kappa shape index (κ2) is 6.37. The zero-order chi connectivity index (χ0) is 16.4. The highest BCUT2D eigenvalue weighted by molar-refractivity contribution is 7.07. The van der Waals surface area contributed by atoms with E-state index in [1.54, 1.807) is 28.6 Å². The summed E-state index contributed by atoms with van der Waals surface area (Å²) in [6.07, 6.45) is 1.61. The van der Waals surface area contributed by atoms with Gasteiger partial charge < -0.3 is 13.7 Å². The number of furan rings is 2. The van der Waals surface area contributed by atoms with Gasteiger partial charge in [-0.3, -0.25) is 4.79 Å². The van der Waals surface area contributed by atoms with Crippen LogP contribution in [-0.2, 0) is 13.1 Å². The van der Waals surface area contributed by atoms with Gasteiger partial charge in [-0.2, -0.15) is 11.3 Å². The fraction of sp³-hybridized carbons (Fsp3) is 0.105. The molecule has 0 bridgehead atoms. The van der Waals surface area contributed by atoms with Gasteiger partial charge >= 0.3 is 0 Å². The van der Waals surface area contributed by atoms with Gasteiger partial charge in [0.05, 0.1) is 12.8 Å². The van der Waals surface area contributed by atoms with Gasteiger partial charge in [0.1, 0.15) is 11.3 Å². The van der Waals surface area contributed by atoms with Crippen LogP contribution in [-0.4, -0.2) is 10.8 Å². The largest absolute Gasteiger partial charge is 0.467 e. The number of benzene rings is 1. The summed E-state index contributed by atoms with van der Waals surface area (Å²) < 4.78 is 11.1. The first-order valence-electron chi connectivity index (χ1n) is 7.61. The summed E-state index contributed by atoms with van der Waals surface area (Å²) in [5, 5.41) is 4.97. The molecule has 4 aromatic rings. The Bertz CT molecular complexity index is 869. The van der Waals surface area contributed by atoms with E-state index in [9.17, 15) is 4.79 Å².